The van der Waals surface area contributed by atoms with Gasteiger partial charge in [-0.3, -0.25) is 0 Å². The molecule has 0 bridgehead atoms. The van der Waals surface area contributed by atoms with Crippen LogP contribution in [-0.4, -0.2) is 4.98 Å². The SMILES string of the molecule is Cc1cc(C#N)c(C(F)F)c(Cl)n1. The number of nitriles is 1. The van der Waals surface area contributed by atoms with Crippen molar-refractivity contribution in [3.8, 4) is 6.07 Å². The number of hydrogen-bond acceptors (Lipinski definition) is 2. The van der Waals surface area contributed by atoms with Gasteiger partial charge < -0.3 is 0 Å². The number of aromatic nitrogens is 1. The van der Waals surface area contributed by atoms with Gasteiger partial charge in [0.1, 0.15) is 5.15 Å². The number of alkyl halides is 2. The van der Waals surface area contributed by atoms with Gasteiger partial charge in [-0.05, 0) is 13.0 Å². The standard InChI is InChI=1S/C8H5ClF2N2/c1-4-2-5(3-12)6(8(10)11)7(9)13-4/h2,8H,1H3. The number of aryl methyl sites for hydroxylation is 1. The van der Waals surface area contributed by atoms with Crippen LogP contribution in [0.3, 0.4) is 0 Å². The van der Waals surface area contributed by atoms with Crippen LogP contribution in [0.1, 0.15) is 23.2 Å². The summed E-state index contributed by atoms with van der Waals surface area (Å²) in [5.74, 6) is 0. The number of rotatable bonds is 1. The van der Waals surface area contributed by atoms with Gasteiger partial charge in [0.05, 0.1) is 17.2 Å². The minimum atomic E-state index is -2.77. The van der Waals surface area contributed by atoms with E-state index in [1.807, 2.05) is 0 Å². The van der Waals surface area contributed by atoms with E-state index < -0.39 is 12.0 Å². The van der Waals surface area contributed by atoms with Crippen molar-refractivity contribution in [3.05, 3.63) is 28.0 Å². The van der Waals surface area contributed by atoms with E-state index >= 15 is 0 Å². The summed E-state index contributed by atoms with van der Waals surface area (Å²) in [7, 11) is 0. The second-order valence-electron chi connectivity index (χ2n) is 2.43. The first-order valence-corrected chi connectivity index (χ1v) is 3.79. The van der Waals surface area contributed by atoms with Crippen molar-refractivity contribution in [2.75, 3.05) is 0 Å². The van der Waals surface area contributed by atoms with E-state index in [0.717, 1.165) is 0 Å². The summed E-state index contributed by atoms with van der Waals surface area (Å²) in [5, 5.41) is 8.25. The van der Waals surface area contributed by atoms with E-state index in [9.17, 15) is 8.78 Å². The normalized spacial score (nSPS) is 10.2. The average molecular weight is 203 g/mol. The molecule has 0 radical (unpaired) electrons. The Balaban J connectivity index is 3.41. The van der Waals surface area contributed by atoms with E-state index in [-0.39, 0.29) is 10.7 Å². The summed E-state index contributed by atoms with van der Waals surface area (Å²) in [5.41, 5.74) is -0.159. The molecule has 0 fully saturated rings. The van der Waals surface area contributed by atoms with Gasteiger partial charge in [-0.15, -0.1) is 0 Å². The fourth-order valence-electron chi connectivity index (χ4n) is 0.945. The van der Waals surface area contributed by atoms with Crippen LogP contribution in [0, 0.1) is 18.3 Å². The predicted octanol–water partition coefficient (Wildman–Crippen LogP) is 2.85. The van der Waals surface area contributed by atoms with Crippen LogP contribution >= 0.6 is 11.6 Å². The molecule has 0 saturated carbocycles. The van der Waals surface area contributed by atoms with Crippen molar-refractivity contribution in [3.63, 3.8) is 0 Å². The third-order valence-corrected chi connectivity index (χ3v) is 1.77. The highest BCUT2D eigenvalue weighted by atomic mass is 35.5. The molecule has 1 rings (SSSR count). The first-order chi connectivity index (χ1) is 6.06. The highest BCUT2D eigenvalue weighted by Gasteiger charge is 2.18. The molecule has 1 aromatic rings. The monoisotopic (exact) mass is 202 g/mol. The largest absolute Gasteiger partial charge is 0.268 e. The Hall–Kier alpha value is -1.21. The molecule has 0 aliphatic carbocycles. The number of halogens is 3. The predicted molar refractivity (Wildman–Crippen MR) is 43.7 cm³/mol. The summed E-state index contributed by atoms with van der Waals surface area (Å²) in [6.45, 7) is 1.59. The van der Waals surface area contributed by atoms with Crippen molar-refractivity contribution in [2.24, 2.45) is 0 Å². The number of nitrogens with zero attached hydrogens (tertiary/aromatic N) is 2. The molecule has 0 spiro atoms. The van der Waals surface area contributed by atoms with Crippen LogP contribution in [0.15, 0.2) is 6.07 Å². The molecule has 5 heteroatoms. The Morgan fingerprint density at radius 1 is 1.62 bits per heavy atom. The Bertz CT molecular complexity index is 371. The zero-order chi connectivity index (χ0) is 10.0. The van der Waals surface area contributed by atoms with Gasteiger partial charge in [0.15, 0.2) is 0 Å². The molecule has 68 valence electrons. The summed E-state index contributed by atoms with van der Waals surface area (Å²) >= 11 is 5.47. The van der Waals surface area contributed by atoms with Crippen LogP contribution in [0.2, 0.25) is 5.15 Å². The van der Waals surface area contributed by atoms with Crippen LogP contribution in [0.5, 0.6) is 0 Å². The summed E-state index contributed by atoms with van der Waals surface area (Å²) in [6, 6.07) is 2.94. The molecule has 0 saturated heterocycles. The minimum Gasteiger partial charge on any atom is -0.241 e. The number of hydrogen-bond donors (Lipinski definition) is 0. The fraction of sp³-hybridized carbons (Fsp3) is 0.250. The lowest BCUT2D eigenvalue weighted by atomic mass is 10.1. The van der Waals surface area contributed by atoms with Gasteiger partial charge in [0.25, 0.3) is 6.43 Å². The van der Waals surface area contributed by atoms with Crippen molar-refractivity contribution in [2.45, 2.75) is 13.3 Å². The Morgan fingerprint density at radius 3 is 2.69 bits per heavy atom. The van der Waals surface area contributed by atoms with Crippen LogP contribution in [0.25, 0.3) is 0 Å². The molecule has 0 aromatic carbocycles. The third-order valence-electron chi connectivity index (χ3n) is 1.48. The maximum absolute atomic E-state index is 12.3. The van der Waals surface area contributed by atoms with Crippen molar-refractivity contribution in [1.29, 1.82) is 5.26 Å². The van der Waals surface area contributed by atoms with Gasteiger partial charge in [-0.2, -0.15) is 5.26 Å². The molecule has 0 atom stereocenters. The Morgan fingerprint density at radius 2 is 2.23 bits per heavy atom. The molecule has 0 N–H and O–H groups in total. The smallest absolute Gasteiger partial charge is 0.241 e. The van der Waals surface area contributed by atoms with E-state index in [1.165, 1.54) is 6.07 Å². The summed E-state index contributed by atoms with van der Waals surface area (Å²) < 4.78 is 24.7. The van der Waals surface area contributed by atoms with Gasteiger partial charge in [-0.25, -0.2) is 13.8 Å². The maximum atomic E-state index is 12.3. The molecular weight excluding hydrogens is 198 g/mol. The zero-order valence-corrected chi connectivity index (χ0v) is 7.44. The molecule has 1 aromatic heterocycles. The van der Waals surface area contributed by atoms with Gasteiger partial charge in [0.2, 0.25) is 0 Å². The molecular formula is C8H5ClF2N2. The maximum Gasteiger partial charge on any atom is 0.268 e. The second kappa shape index (κ2) is 3.67. The third kappa shape index (κ3) is 1.93. The highest BCUT2D eigenvalue weighted by molar-refractivity contribution is 6.30. The molecule has 0 unspecified atom stereocenters. The zero-order valence-electron chi connectivity index (χ0n) is 6.68. The molecule has 1 heterocycles. The minimum absolute atomic E-state index is 0.118. The first kappa shape index (κ1) is 9.87. The van der Waals surface area contributed by atoms with E-state index in [4.69, 9.17) is 16.9 Å². The summed E-state index contributed by atoms with van der Waals surface area (Å²) in [4.78, 5) is 3.64. The average Bonchev–Trinajstić information content (AvgIpc) is 2.01. The van der Waals surface area contributed by atoms with E-state index in [0.29, 0.717) is 5.69 Å². The lowest BCUT2D eigenvalue weighted by molar-refractivity contribution is 0.150. The molecule has 13 heavy (non-hydrogen) atoms. The topological polar surface area (TPSA) is 36.7 Å². The quantitative estimate of drug-likeness (QED) is 0.657. The molecule has 0 amide bonds. The lowest BCUT2D eigenvalue weighted by Gasteiger charge is -2.05. The highest BCUT2D eigenvalue weighted by Crippen LogP contribution is 2.28. The molecule has 2 nitrogen and oxygen atoms in total. The number of pyridine rings is 1. The van der Waals surface area contributed by atoms with Gasteiger partial charge >= 0.3 is 0 Å². The van der Waals surface area contributed by atoms with E-state index in [1.54, 1.807) is 13.0 Å². The van der Waals surface area contributed by atoms with Crippen LogP contribution in [-0.2, 0) is 0 Å². The second-order valence-corrected chi connectivity index (χ2v) is 2.79. The van der Waals surface area contributed by atoms with Crippen LogP contribution < -0.4 is 0 Å². The molecule has 0 aliphatic heterocycles. The van der Waals surface area contributed by atoms with Crippen molar-refractivity contribution < 1.29 is 8.78 Å². The molecule has 0 aliphatic rings. The lowest BCUT2D eigenvalue weighted by Crippen LogP contribution is -1.96. The van der Waals surface area contributed by atoms with Crippen molar-refractivity contribution in [1.82, 2.24) is 4.98 Å². The Labute approximate surface area is 78.8 Å². The van der Waals surface area contributed by atoms with Crippen molar-refractivity contribution >= 4 is 11.6 Å². The van der Waals surface area contributed by atoms with E-state index in [2.05, 4.69) is 4.98 Å². The van der Waals surface area contributed by atoms with Crippen LogP contribution in [0.4, 0.5) is 8.78 Å². The summed E-state index contributed by atoms with van der Waals surface area (Å²) in [6.07, 6.45) is -2.77. The van der Waals surface area contributed by atoms with Gasteiger partial charge in [-0.1, -0.05) is 11.6 Å². The van der Waals surface area contributed by atoms with Gasteiger partial charge in [0, 0.05) is 5.69 Å². The Kier molecular flexibility index (Phi) is 2.79. The fourth-order valence-corrected chi connectivity index (χ4v) is 1.26. The first-order valence-electron chi connectivity index (χ1n) is 3.41.